The highest BCUT2D eigenvalue weighted by molar-refractivity contribution is 7.81. The van der Waals surface area contributed by atoms with Crippen molar-refractivity contribution in [2.75, 3.05) is 0 Å². The van der Waals surface area contributed by atoms with Gasteiger partial charge in [-0.3, -0.25) is 0 Å². The molecule has 0 aromatic rings. The van der Waals surface area contributed by atoms with Gasteiger partial charge in [0.2, 0.25) is 0 Å². The van der Waals surface area contributed by atoms with E-state index in [0.717, 1.165) is 0 Å². The van der Waals surface area contributed by atoms with E-state index in [0.29, 0.717) is 0 Å². The summed E-state index contributed by atoms with van der Waals surface area (Å²) in [5.41, 5.74) is 0. The van der Waals surface area contributed by atoms with Crippen LogP contribution in [0.1, 0.15) is 0 Å². The minimum absolute atomic E-state index is 2.31. The lowest BCUT2D eigenvalue weighted by atomic mass is 10.6. The molecule has 0 aromatic carbocycles. The molecule has 0 saturated carbocycles. The zero-order valence-electron chi connectivity index (χ0n) is 6.72. The highest BCUT2D eigenvalue weighted by Crippen LogP contribution is 2.47. The summed E-state index contributed by atoms with van der Waals surface area (Å²) in [6, 6.07) is -5.03. The molecule has 1 fully saturated rings. The maximum Gasteiger partial charge on any atom is 0.506 e. The molecule has 1 aliphatic rings. The first-order chi connectivity index (χ1) is 6.97. The predicted octanol–water partition coefficient (Wildman–Crippen LogP) is 1.55. The highest BCUT2D eigenvalue weighted by atomic mass is 32.3. The predicted molar refractivity (Wildman–Crippen MR) is 31.3 cm³/mol. The van der Waals surface area contributed by atoms with E-state index in [2.05, 4.69) is 13.7 Å². The van der Waals surface area contributed by atoms with Crippen molar-refractivity contribution in [1.82, 2.24) is 0 Å². The summed E-state index contributed by atoms with van der Waals surface area (Å²) in [5.74, 6) is -2.31. The molecule has 5 nitrogen and oxygen atoms in total. The highest BCUT2D eigenvalue weighted by Gasteiger charge is 2.72. The van der Waals surface area contributed by atoms with Gasteiger partial charge in [-0.2, -0.15) is 34.6 Å². The van der Waals surface area contributed by atoms with Crippen LogP contribution >= 0.6 is 0 Å². The second-order valence-corrected chi connectivity index (χ2v) is 3.23. The quantitative estimate of drug-likeness (QED) is 0.564. The lowest BCUT2D eigenvalue weighted by Crippen LogP contribution is -2.44. The van der Waals surface area contributed by atoms with Crippen LogP contribution in [0.5, 0.6) is 0 Å². The zero-order valence-corrected chi connectivity index (χ0v) is 7.53. The molecule has 1 atom stereocenters. The summed E-state index contributed by atoms with van der Waals surface area (Å²) in [5, 5.41) is 0. The minimum atomic E-state index is -6.21. The molecule has 1 rings (SSSR count). The number of hydrogen-bond donors (Lipinski definition) is 0. The molecule has 0 radical (unpaired) electrons. The average Bonchev–Trinajstić information content (AvgIpc) is 2.18. The Balaban J connectivity index is 3.10. The lowest BCUT2D eigenvalue weighted by molar-refractivity contribution is -0.365. The van der Waals surface area contributed by atoms with Crippen molar-refractivity contribution in [2.45, 2.75) is 12.1 Å². The lowest BCUT2D eigenvalue weighted by Gasteiger charge is -2.17. The summed E-state index contributed by atoms with van der Waals surface area (Å²) in [4.78, 5) is 0. The van der Waals surface area contributed by atoms with Gasteiger partial charge in [0.25, 0.3) is 0 Å². The fourth-order valence-corrected chi connectivity index (χ4v) is 1.03. The van der Waals surface area contributed by atoms with E-state index in [-0.39, 0.29) is 0 Å². The van der Waals surface area contributed by atoms with Crippen LogP contribution in [-0.4, -0.2) is 20.6 Å². The molecule has 0 bridgehead atoms. The monoisotopic (exact) mass is 274 g/mol. The Morgan fingerprint density at radius 3 is 2.00 bits per heavy atom. The van der Waals surface area contributed by atoms with Crippen molar-refractivity contribution >= 4 is 10.5 Å². The van der Waals surface area contributed by atoms with Crippen LogP contribution in [0.2, 0.25) is 0 Å². The summed E-state index contributed by atoms with van der Waals surface area (Å²) in [6.45, 7) is 0. The zero-order chi connectivity index (χ0) is 12.8. The molecule has 0 N–H and O–H groups in total. The standard InChI is InChI=1S/C4F6O5S/c5-1(6)2-13-3(7,8)4(9,14-2)15-16(10,11)12. The third kappa shape index (κ3) is 2.32. The molecule has 1 saturated heterocycles. The Hall–Kier alpha value is -1.17. The maximum absolute atomic E-state index is 12.9. The SMILES string of the molecule is O=S(=O)(F)OC1(F)OC(=C(F)F)OC1(F)F. The second kappa shape index (κ2) is 3.41. The topological polar surface area (TPSA) is 61.8 Å². The third-order valence-corrected chi connectivity index (χ3v) is 1.57. The molecule has 0 amide bonds. The average molecular weight is 274 g/mol. The molecule has 1 heterocycles. The van der Waals surface area contributed by atoms with Crippen LogP contribution in [0.25, 0.3) is 0 Å². The van der Waals surface area contributed by atoms with Gasteiger partial charge >= 0.3 is 34.7 Å². The van der Waals surface area contributed by atoms with Crippen LogP contribution in [0.3, 0.4) is 0 Å². The van der Waals surface area contributed by atoms with Gasteiger partial charge in [-0.05, 0) is 0 Å². The van der Waals surface area contributed by atoms with E-state index in [1.54, 1.807) is 0 Å². The molecule has 0 spiro atoms. The molecule has 0 aromatic heterocycles. The molecule has 94 valence electrons. The number of ether oxygens (including phenoxy) is 2. The molecular weight excluding hydrogens is 274 g/mol. The molecule has 1 aliphatic heterocycles. The molecule has 16 heavy (non-hydrogen) atoms. The molecule has 0 aliphatic carbocycles. The first-order valence-corrected chi connectivity index (χ1v) is 4.43. The van der Waals surface area contributed by atoms with Crippen molar-refractivity contribution in [1.29, 1.82) is 0 Å². The molecule has 1 unspecified atom stereocenters. The summed E-state index contributed by atoms with van der Waals surface area (Å²) < 4.78 is 101. The Morgan fingerprint density at radius 1 is 1.19 bits per heavy atom. The molecule has 12 heteroatoms. The molecular formula is C4F6O5S. The van der Waals surface area contributed by atoms with Gasteiger partial charge in [0, 0.05) is 0 Å². The van der Waals surface area contributed by atoms with Crippen molar-refractivity contribution < 1.29 is 47.9 Å². The fraction of sp³-hybridized carbons (Fsp3) is 0.500. The maximum atomic E-state index is 12.9. The second-order valence-electron chi connectivity index (χ2n) is 2.28. The Labute approximate surface area is 83.6 Å². The van der Waals surface area contributed by atoms with Crippen molar-refractivity contribution in [2.24, 2.45) is 0 Å². The summed E-state index contributed by atoms with van der Waals surface area (Å²) in [6.07, 6.45) is -8.27. The smallest absolute Gasteiger partial charge is 0.391 e. The normalized spacial score (nSPS) is 28.5. The largest absolute Gasteiger partial charge is 0.506 e. The van der Waals surface area contributed by atoms with Gasteiger partial charge in [-0.15, -0.1) is 0 Å². The van der Waals surface area contributed by atoms with E-state index < -0.39 is 34.7 Å². The van der Waals surface area contributed by atoms with Gasteiger partial charge < -0.3 is 9.47 Å². The number of hydrogen-bond acceptors (Lipinski definition) is 5. The minimum Gasteiger partial charge on any atom is -0.391 e. The Kier molecular flexibility index (Phi) is 2.75. The number of rotatable bonds is 2. The van der Waals surface area contributed by atoms with Gasteiger partial charge in [-0.25, -0.2) is 0 Å². The van der Waals surface area contributed by atoms with Gasteiger partial charge in [0.1, 0.15) is 0 Å². The van der Waals surface area contributed by atoms with Crippen LogP contribution in [-0.2, 0) is 24.2 Å². The Morgan fingerprint density at radius 2 is 1.69 bits per heavy atom. The third-order valence-electron chi connectivity index (χ3n) is 1.15. The first-order valence-electron chi connectivity index (χ1n) is 3.12. The van der Waals surface area contributed by atoms with Crippen LogP contribution in [0.15, 0.2) is 12.0 Å². The van der Waals surface area contributed by atoms with Gasteiger partial charge in [0.15, 0.2) is 0 Å². The summed E-state index contributed by atoms with van der Waals surface area (Å²) >= 11 is 0. The van der Waals surface area contributed by atoms with Crippen molar-refractivity contribution in [3.63, 3.8) is 0 Å². The Bertz CT molecular complexity index is 426. The van der Waals surface area contributed by atoms with Crippen molar-refractivity contribution in [3.05, 3.63) is 12.0 Å². The van der Waals surface area contributed by atoms with Crippen LogP contribution in [0, 0.1) is 0 Å². The van der Waals surface area contributed by atoms with Gasteiger partial charge in [-0.1, -0.05) is 3.89 Å². The van der Waals surface area contributed by atoms with Gasteiger partial charge in [0.05, 0.1) is 0 Å². The van der Waals surface area contributed by atoms with E-state index in [1.807, 2.05) is 0 Å². The van der Waals surface area contributed by atoms with Crippen LogP contribution in [0.4, 0.5) is 25.8 Å². The number of halogens is 6. The van der Waals surface area contributed by atoms with E-state index in [9.17, 15) is 34.3 Å². The van der Waals surface area contributed by atoms with Crippen molar-refractivity contribution in [3.8, 4) is 0 Å². The van der Waals surface area contributed by atoms with E-state index in [4.69, 9.17) is 0 Å². The fourth-order valence-electron chi connectivity index (χ4n) is 0.648. The first kappa shape index (κ1) is 12.9. The summed E-state index contributed by atoms with van der Waals surface area (Å²) in [7, 11) is -6.21. The van der Waals surface area contributed by atoms with E-state index >= 15 is 0 Å². The van der Waals surface area contributed by atoms with Crippen LogP contribution < -0.4 is 0 Å². The van der Waals surface area contributed by atoms with E-state index in [1.165, 1.54) is 0 Å². The number of alkyl halides is 3.